The van der Waals surface area contributed by atoms with Crippen LogP contribution in [0.15, 0.2) is 67.0 Å². The van der Waals surface area contributed by atoms with Gasteiger partial charge in [0.05, 0.1) is 11.2 Å². The minimum absolute atomic E-state index is 0.0669. The third kappa shape index (κ3) is 3.40. The van der Waals surface area contributed by atoms with Gasteiger partial charge in [-0.1, -0.05) is 17.9 Å². The van der Waals surface area contributed by atoms with Crippen molar-refractivity contribution in [2.45, 2.75) is 26.2 Å². The quantitative estimate of drug-likeness (QED) is 0.586. The van der Waals surface area contributed by atoms with E-state index in [2.05, 4.69) is 66.1 Å². The summed E-state index contributed by atoms with van der Waals surface area (Å²) < 4.78 is 6.31. The maximum Gasteiger partial charge on any atom is 0.132 e. The Hall–Kier alpha value is -3.78. The largest absolute Gasteiger partial charge is 0.457 e. The zero-order chi connectivity index (χ0) is 21.6. The molecule has 154 valence electrons. The third-order valence-electron chi connectivity index (χ3n) is 5.59. The third-order valence-corrected chi connectivity index (χ3v) is 5.59. The molecule has 5 heteroatoms. The molecule has 3 N–H and O–H groups in total. The number of nitrogens with two attached hydrogens (primary N) is 1. The monoisotopic (exact) mass is 408 g/mol. The summed E-state index contributed by atoms with van der Waals surface area (Å²) in [5, 5.41) is 3.32. The summed E-state index contributed by atoms with van der Waals surface area (Å²) in [5.41, 5.74) is 10.8. The van der Waals surface area contributed by atoms with E-state index in [1.807, 2.05) is 36.7 Å². The highest BCUT2D eigenvalue weighted by atomic mass is 16.5. The van der Waals surface area contributed by atoms with Crippen LogP contribution in [0, 0.1) is 17.3 Å². The lowest BCUT2D eigenvalue weighted by molar-refractivity contribution is 0.424. The Balaban J connectivity index is 1.69. The molecule has 0 aliphatic carbocycles. The molecule has 2 aliphatic heterocycles. The highest BCUT2D eigenvalue weighted by Gasteiger charge is 2.44. The number of nitrogens with zero attached hydrogens (tertiary/aromatic N) is 2. The van der Waals surface area contributed by atoms with Crippen LogP contribution in [0.3, 0.4) is 0 Å². The van der Waals surface area contributed by atoms with Crippen LogP contribution in [0.5, 0.6) is 11.5 Å². The molecule has 5 nitrogen and oxygen atoms in total. The van der Waals surface area contributed by atoms with E-state index in [0.29, 0.717) is 12.4 Å². The van der Waals surface area contributed by atoms with Gasteiger partial charge >= 0.3 is 0 Å². The first kappa shape index (κ1) is 19.2. The number of hydrogen-bond donors (Lipinski definition) is 2. The lowest BCUT2D eigenvalue weighted by Crippen LogP contribution is -2.34. The van der Waals surface area contributed by atoms with Crippen LogP contribution in [0.4, 0.5) is 0 Å². The molecule has 1 aromatic heterocycles. The van der Waals surface area contributed by atoms with Gasteiger partial charge in [0.15, 0.2) is 0 Å². The van der Waals surface area contributed by atoms with E-state index in [-0.39, 0.29) is 5.41 Å². The van der Waals surface area contributed by atoms with Crippen LogP contribution in [0.1, 0.15) is 37.5 Å². The van der Waals surface area contributed by atoms with Crippen molar-refractivity contribution in [3.63, 3.8) is 0 Å². The fourth-order valence-corrected chi connectivity index (χ4v) is 4.12. The van der Waals surface area contributed by atoms with Gasteiger partial charge < -0.3 is 15.8 Å². The predicted octanol–water partition coefficient (Wildman–Crippen LogP) is 4.34. The van der Waals surface area contributed by atoms with E-state index < -0.39 is 5.41 Å². The van der Waals surface area contributed by atoms with Gasteiger partial charge in [-0.25, -0.2) is 9.97 Å². The Labute approximate surface area is 182 Å². The highest BCUT2D eigenvalue weighted by molar-refractivity contribution is 5.70. The number of benzene rings is 2. The van der Waals surface area contributed by atoms with Gasteiger partial charge in [0.1, 0.15) is 17.8 Å². The first-order valence-electron chi connectivity index (χ1n) is 10.3. The van der Waals surface area contributed by atoms with Crippen LogP contribution < -0.4 is 15.8 Å². The number of aromatic nitrogens is 2. The van der Waals surface area contributed by atoms with E-state index in [0.717, 1.165) is 39.3 Å². The number of nitrogens with one attached hydrogen (secondary N) is 1. The number of hydrogen-bond acceptors (Lipinski definition) is 5. The molecule has 1 unspecified atom stereocenters. The zero-order valence-corrected chi connectivity index (χ0v) is 17.9. The molecule has 31 heavy (non-hydrogen) atoms. The van der Waals surface area contributed by atoms with Crippen molar-refractivity contribution in [3.05, 3.63) is 83.7 Å². The van der Waals surface area contributed by atoms with Crippen LogP contribution in [-0.2, 0) is 5.41 Å². The summed E-state index contributed by atoms with van der Waals surface area (Å²) in [6.07, 6.45) is 7.26. The van der Waals surface area contributed by atoms with Gasteiger partial charge in [-0.15, -0.1) is 0 Å². The maximum absolute atomic E-state index is 6.31. The highest BCUT2D eigenvalue weighted by Crippen LogP contribution is 2.51. The summed E-state index contributed by atoms with van der Waals surface area (Å²) >= 11 is 0. The van der Waals surface area contributed by atoms with Crippen molar-refractivity contribution in [2.75, 3.05) is 6.54 Å². The molecule has 1 atom stereocenters. The van der Waals surface area contributed by atoms with Crippen molar-refractivity contribution in [3.8, 4) is 34.5 Å². The molecule has 5 rings (SSSR count). The van der Waals surface area contributed by atoms with Crippen LogP contribution in [0.25, 0.3) is 11.1 Å². The van der Waals surface area contributed by atoms with Crippen LogP contribution >= 0.6 is 0 Å². The Bertz CT molecular complexity index is 1260. The summed E-state index contributed by atoms with van der Waals surface area (Å²) in [4.78, 5) is 8.32. The molecule has 0 saturated heterocycles. The van der Waals surface area contributed by atoms with Crippen molar-refractivity contribution in [1.29, 1.82) is 0 Å². The van der Waals surface area contributed by atoms with E-state index in [1.54, 1.807) is 0 Å². The first-order valence-corrected chi connectivity index (χ1v) is 10.3. The summed E-state index contributed by atoms with van der Waals surface area (Å²) in [7, 11) is 0. The molecule has 3 heterocycles. The fraction of sp³-hybridized carbons (Fsp3) is 0.231. The summed E-state index contributed by atoms with van der Waals surface area (Å²) in [6.45, 7) is 6.99. The van der Waals surface area contributed by atoms with Gasteiger partial charge in [-0.05, 0) is 62.7 Å². The lowest BCUT2D eigenvalue weighted by Gasteiger charge is -2.36. The number of fused-ring (bicyclic) bond motifs is 4. The second-order valence-corrected chi connectivity index (χ2v) is 9.08. The van der Waals surface area contributed by atoms with Crippen molar-refractivity contribution in [1.82, 2.24) is 15.3 Å². The standard InChI is InChI=1S/C26H24N4O/c1-25(2,3)9-8-17-4-6-22-20(10-17)26(12-24(27)30-15-26)21-11-18(5-7-23(21)31-22)19-13-28-16-29-14-19/h4-7,10-14,16,30H,15,27H2,1-3H3. The van der Waals surface area contributed by atoms with Gasteiger partial charge in [-0.3, -0.25) is 0 Å². The minimum Gasteiger partial charge on any atom is -0.457 e. The number of rotatable bonds is 1. The Kier molecular flexibility index (Phi) is 4.26. The molecule has 2 aromatic carbocycles. The predicted molar refractivity (Wildman–Crippen MR) is 121 cm³/mol. The normalized spacial score (nSPS) is 18.7. The molecule has 3 aromatic rings. The fourth-order valence-electron chi connectivity index (χ4n) is 4.12. The second-order valence-electron chi connectivity index (χ2n) is 9.08. The summed E-state index contributed by atoms with van der Waals surface area (Å²) in [5.74, 6) is 8.97. The molecule has 0 saturated carbocycles. The molecule has 0 bridgehead atoms. The zero-order valence-electron chi connectivity index (χ0n) is 17.9. The average molecular weight is 409 g/mol. The molecule has 0 amide bonds. The minimum atomic E-state index is -0.432. The molecular weight excluding hydrogens is 384 g/mol. The van der Waals surface area contributed by atoms with Gasteiger partial charge in [-0.2, -0.15) is 0 Å². The van der Waals surface area contributed by atoms with E-state index in [1.165, 1.54) is 6.33 Å². The van der Waals surface area contributed by atoms with Crippen molar-refractivity contribution >= 4 is 0 Å². The van der Waals surface area contributed by atoms with Crippen molar-refractivity contribution in [2.24, 2.45) is 11.1 Å². The first-order chi connectivity index (χ1) is 14.8. The smallest absolute Gasteiger partial charge is 0.132 e. The maximum atomic E-state index is 6.31. The number of ether oxygens (including phenoxy) is 1. The van der Waals surface area contributed by atoms with Gasteiger partial charge in [0.2, 0.25) is 0 Å². The van der Waals surface area contributed by atoms with Gasteiger partial charge in [0, 0.05) is 46.6 Å². The Morgan fingerprint density at radius 2 is 1.71 bits per heavy atom. The van der Waals surface area contributed by atoms with Crippen LogP contribution in [-0.4, -0.2) is 16.5 Å². The van der Waals surface area contributed by atoms with Crippen molar-refractivity contribution < 1.29 is 4.74 Å². The van der Waals surface area contributed by atoms with E-state index in [4.69, 9.17) is 10.5 Å². The molecular formula is C26H24N4O. The SMILES string of the molecule is CC(C)(C)C#Cc1ccc2c(c1)C1(C=C(N)NC1)c1cc(-c3cncnc3)ccc1O2. The Morgan fingerprint density at radius 3 is 2.39 bits per heavy atom. The topological polar surface area (TPSA) is 73.1 Å². The second kappa shape index (κ2) is 6.88. The van der Waals surface area contributed by atoms with E-state index in [9.17, 15) is 0 Å². The summed E-state index contributed by atoms with van der Waals surface area (Å²) in [6, 6.07) is 12.4. The van der Waals surface area contributed by atoms with E-state index >= 15 is 0 Å². The van der Waals surface area contributed by atoms with Gasteiger partial charge in [0.25, 0.3) is 0 Å². The average Bonchev–Trinajstić information content (AvgIpc) is 3.15. The molecule has 1 spiro atoms. The molecule has 0 radical (unpaired) electrons. The lowest BCUT2D eigenvalue weighted by atomic mass is 9.72. The Morgan fingerprint density at radius 1 is 1.00 bits per heavy atom. The molecule has 2 aliphatic rings. The van der Waals surface area contributed by atoms with Crippen LogP contribution in [0.2, 0.25) is 0 Å². The molecule has 0 fully saturated rings.